The van der Waals surface area contributed by atoms with Crippen LogP contribution in [0.15, 0.2) is 61.2 Å². The maximum Gasteiger partial charge on any atom is 0.254 e. The lowest BCUT2D eigenvalue weighted by Crippen LogP contribution is -2.51. The highest BCUT2D eigenvalue weighted by Crippen LogP contribution is 2.29. The molecule has 1 aliphatic rings. The number of carbonyl (C=O) groups excluding carboxylic acids is 2. The SMILES string of the molecule is CC(=O)N1CCN(C(=O)c2cccc(-n3cnnc3)c2)[C@@H](c2ccc(OC(C)C)cc2)C1. The first-order valence-electron chi connectivity index (χ1n) is 10.7. The zero-order valence-electron chi connectivity index (χ0n) is 18.5. The molecule has 3 aromatic rings. The number of ether oxygens (including phenoxy) is 1. The first-order valence-corrected chi connectivity index (χ1v) is 10.7. The summed E-state index contributed by atoms with van der Waals surface area (Å²) in [5.41, 5.74) is 2.36. The minimum absolute atomic E-state index is 0.0106. The standard InChI is InChI=1S/C24H27N5O3/c1-17(2)32-22-9-7-19(8-10-22)23-14-27(18(3)30)11-12-29(23)24(31)20-5-4-6-21(13-20)28-15-25-26-16-28/h4-10,13,15-17,23H,11-12,14H2,1-3H3/t23-/m1/s1. The van der Waals surface area contributed by atoms with Crippen LogP contribution in [0.1, 0.15) is 42.7 Å². The molecule has 8 heteroatoms. The molecule has 4 rings (SSSR count). The topological polar surface area (TPSA) is 80.6 Å². The van der Waals surface area contributed by atoms with Crippen LogP contribution in [0.5, 0.6) is 5.75 Å². The molecule has 32 heavy (non-hydrogen) atoms. The third-order valence-corrected chi connectivity index (χ3v) is 5.53. The van der Waals surface area contributed by atoms with Gasteiger partial charge in [-0.05, 0) is 49.7 Å². The number of benzene rings is 2. The third-order valence-electron chi connectivity index (χ3n) is 5.53. The van der Waals surface area contributed by atoms with Crippen LogP contribution >= 0.6 is 0 Å². The van der Waals surface area contributed by atoms with Gasteiger partial charge < -0.3 is 14.5 Å². The molecule has 1 atom stereocenters. The summed E-state index contributed by atoms with van der Waals surface area (Å²) in [5.74, 6) is 0.717. The molecule has 0 saturated carbocycles. The highest BCUT2D eigenvalue weighted by Gasteiger charge is 2.33. The maximum absolute atomic E-state index is 13.6. The van der Waals surface area contributed by atoms with E-state index in [1.165, 1.54) is 0 Å². The first-order chi connectivity index (χ1) is 15.4. The van der Waals surface area contributed by atoms with E-state index in [1.807, 2.05) is 67.3 Å². The average Bonchev–Trinajstić information content (AvgIpc) is 3.33. The number of aromatic nitrogens is 3. The van der Waals surface area contributed by atoms with E-state index in [-0.39, 0.29) is 24.0 Å². The summed E-state index contributed by atoms with van der Waals surface area (Å²) in [5, 5.41) is 7.67. The predicted molar refractivity (Wildman–Crippen MR) is 120 cm³/mol. The van der Waals surface area contributed by atoms with Crippen molar-refractivity contribution in [1.82, 2.24) is 24.6 Å². The molecule has 0 spiro atoms. The largest absolute Gasteiger partial charge is 0.491 e. The van der Waals surface area contributed by atoms with E-state index in [1.54, 1.807) is 29.0 Å². The zero-order chi connectivity index (χ0) is 22.7. The highest BCUT2D eigenvalue weighted by atomic mass is 16.5. The number of carbonyl (C=O) groups is 2. The lowest BCUT2D eigenvalue weighted by atomic mass is 10.0. The Morgan fingerprint density at radius 1 is 1.03 bits per heavy atom. The van der Waals surface area contributed by atoms with Crippen molar-refractivity contribution in [2.24, 2.45) is 0 Å². The summed E-state index contributed by atoms with van der Waals surface area (Å²) in [6.45, 7) is 6.96. The summed E-state index contributed by atoms with van der Waals surface area (Å²) in [6, 6.07) is 14.9. The van der Waals surface area contributed by atoms with E-state index < -0.39 is 0 Å². The second-order valence-corrected chi connectivity index (χ2v) is 8.13. The number of nitrogens with zero attached hydrogens (tertiary/aromatic N) is 5. The molecule has 0 unspecified atom stereocenters. The van der Waals surface area contributed by atoms with Crippen molar-refractivity contribution in [3.05, 3.63) is 72.3 Å². The number of hydrogen-bond acceptors (Lipinski definition) is 5. The molecule has 0 radical (unpaired) electrons. The molecule has 1 saturated heterocycles. The summed E-state index contributed by atoms with van der Waals surface area (Å²) in [7, 11) is 0. The molecule has 0 aliphatic carbocycles. The van der Waals surface area contributed by atoms with Crippen LogP contribution in [-0.4, -0.2) is 62.1 Å². The third kappa shape index (κ3) is 4.64. The summed E-state index contributed by atoms with van der Waals surface area (Å²) >= 11 is 0. The van der Waals surface area contributed by atoms with Crippen molar-refractivity contribution in [2.75, 3.05) is 19.6 Å². The van der Waals surface area contributed by atoms with Gasteiger partial charge in [0.2, 0.25) is 5.91 Å². The highest BCUT2D eigenvalue weighted by molar-refractivity contribution is 5.95. The molecule has 2 aromatic carbocycles. The Morgan fingerprint density at radius 3 is 2.41 bits per heavy atom. The molecule has 0 N–H and O–H groups in total. The minimum atomic E-state index is -0.244. The molecule has 2 amide bonds. The fourth-order valence-electron chi connectivity index (χ4n) is 3.94. The van der Waals surface area contributed by atoms with E-state index in [4.69, 9.17) is 4.74 Å². The molecule has 2 heterocycles. The van der Waals surface area contributed by atoms with Gasteiger partial charge in [0, 0.05) is 37.8 Å². The van der Waals surface area contributed by atoms with E-state index in [0.29, 0.717) is 25.2 Å². The number of hydrogen-bond donors (Lipinski definition) is 0. The van der Waals surface area contributed by atoms with E-state index >= 15 is 0 Å². The Morgan fingerprint density at radius 2 is 1.75 bits per heavy atom. The van der Waals surface area contributed by atoms with Gasteiger partial charge in [-0.3, -0.25) is 14.2 Å². The van der Waals surface area contributed by atoms with Gasteiger partial charge in [-0.2, -0.15) is 0 Å². The van der Waals surface area contributed by atoms with E-state index in [0.717, 1.165) is 17.0 Å². The Kier molecular flexibility index (Phi) is 6.20. The smallest absolute Gasteiger partial charge is 0.254 e. The normalized spacial score (nSPS) is 16.3. The lowest BCUT2D eigenvalue weighted by molar-refractivity contribution is -0.131. The van der Waals surface area contributed by atoms with Gasteiger partial charge in [0.25, 0.3) is 5.91 Å². The monoisotopic (exact) mass is 433 g/mol. The Bertz CT molecular complexity index is 1080. The number of amides is 2. The fourth-order valence-corrected chi connectivity index (χ4v) is 3.94. The van der Waals surface area contributed by atoms with Gasteiger partial charge in [0.1, 0.15) is 18.4 Å². The van der Waals surface area contributed by atoms with Gasteiger partial charge in [0.15, 0.2) is 0 Å². The maximum atomic E-state index is 13.6. The van der Waals surface area contributed by atoms with Crippen molar-refractivity contribution in [2.45, 2.75) is 32.9 Å². The molecule has 0 bridgehead atoms. The zero-order valence-corrected chi connectivity index (χ0v) is 18.5. The van der Waals surface area contributed by atoms with Crippen LogP contribution in [0.2, 0.25) is 0 Å². The molecular weight excluding hydrogens is 406 g/mol. The van der Waals surface area contributed by atoms with Crippen LogP contribution < -0.4 is 4.74 Å². The minimum Gasteiger partial charge on any atom is -0.491 e. The Balaban J connectivity index is 1.63. The molecule has 166 valence electrons. The number of piperazine rings is 1. The molecule has 1 fully saturated rings. The molecule has 8 nitrogen and oxygen atoms in total. The Hall–Kier alpha value is -3.68. The lowest BCUT2D eigenvalue weighted by Gasteiger charge is -2.41. The van der Waals surface area contributed by atoms with Crippen LogP contribution in [-0.2, 0) is 4.79 Å². The van der Waals surface area contributed by atoms with Gasteiger partial charge in [-0.25, -0.2) is 0 Å². The van der Waals surface area contributed by atoms with Crippen LogP contribution in [0.25, 0.3) is 5.69 Å². The van der Waals surface area contributed by atoms with Gasteiger partial charge in [-0.15, -0.1) is 10.2 Å². The van der Waals surface area contributed by atoms with Crippen LogP contribution in [0, 0.1) is 0 Å². The molecule has 1 aliphatic heterocycles. The first kappa shape index (κ1) is 21.5. The van der Waals surface area contributed by atoms with E-state index in [9.17, 15) is 9.59 Å². The van der Waals surface area contributed by atoms with Crippen molar-refractivity contribution in [3.8, 4) is 11.4 Å². The van der Waals surface area contributed by atoms with Gasteiger partial charge >= 0.3 is 0 Å². The van der Waals surface area contributed by atoms with Crippen LogP contribution in [0.4, 0.5) is 0 Å². The van der Waals surface area contributed by atoms with Crippen molar-refractivity contribution in [1.29, 1.82) is 0 Å². The van der Waals surface area contributed by atoms with Crippen molar-refractivity contribution >= 4 is 11.8 Å². The van der Waals surface area contributed by atoms with Crippen LogP contribution in [0.3, 0.4) is 0 Å². The van der Waals surface area contributed by atoms with E-state index in [2.05, 4.69) is 10.2 Å². The second kappa shape index (κ2) is 9.21. The second-order valence-electron chi connectivity index (χ2n) is 8.13. The van der Waals surface area contributed by atoms with Crippen molar-refractivity contribution < 1.29 is 14.3 Å². The van der Waals surface area contributed by atoms with Gasteiger partial charge in [0.05, 0.1) is 12.1 Å². The molecule has 1 aromatic heterocycles. The summed E-state index contributed by atoms with van der Waals surface area (Å²) < 4.78 is 7.51. The number of rotatable bonds is 5. The quantitative estimate of drug-likeness (QED) is 0.618. The van der Waals surface area contributed by atoms with Gasteiger partial charge in [-0.1, -0.05) is 18.2 Å². The average molecular weight is 434 g/mol. The fraction of sp³-hybridized carbons (Fsp3) is 0.333. The molecular formula is C24H27N5O3. The summed E-state index contributed by atoms with van der Waals surface area (Å²) in [4.78, 5) is 29.3. The summed E-state index contributed by atoms with van der Waals surface area (Å²) in [6.07, 6.45) is 3.28. The predicted octanol–water partition coefficient (Wildman–Crippen LogP) is 3.10. The Labute approximate surface area is 187 Å². The van der Waals surface area contributed by atoms with Crippen molar-refractivity contribution in [3.63, 3.8) is 0 Å².